The number of imidazole rings is 1. The molecule has 29 heavy (non-hydrogen) atoms. The van der Waals surface area contributed by atoms with E-state index >= 15 is 0 Å². The number of carbonyl (C=O) groups excluding carboxylic acids is 1. The first-order valence-corrected chi connectivity index (χ1v) is 8.50. The highest BCUT2D eigenvalue weighted by Crippen LogP contribution is 2.26. The molecular formula is C18H15N7O4. The average molecular weight is 393 g/mol. The lowest BCUT2D eigenvalue weighted by Gasteiger charge is -2.09. The predicted molar refractivity (Wildman–Crippen MR) is 100 cm³/mol. The van der Waals surface area contributed by atoms with Gasteiger partial charge in [-0.3, -0.25) is 9.78 Å². The summed E-state index contributed by atoms with van der Waals surface area (Å²) in [5.41, 5.74) is 8.03. The topological polar surface area (TPSA) is 162 Å². The van der Waals surface area contributed by atoms with Crippen LogP contribution in [0.2, 0.25) is 0 Å². The lowest BCUT2D eigenvalue weighted by Crippen LogP contribution is -2.27. The lowest BCUT2D eigenvalue weighted by atomic mass is 10.2. The van der Waals surface area contributed by atoms with Crippen LogP contribution in [0.4, 0.5) is 5.82 Å². The van der Waals surface area contributed by atoms with Gasteiger partial charge in [-0.05, 0) is 34.1 Å². The molecule has 4 N–H and O–H groups in total. The number of carboxylic acid groups (broad SMARTS) is 1. The smallest absolute Gasteiger partial charge is 0.337 e. The molecule has 0 bridgehead atoms. The number of rotatable bonds is 6. The normalized spacial score (nSPS) is 10.9. The summed E-state index contributed by atoms with van der Waals surface area (Å²) in [5, 5.41) is 19.1. The molecule has 0 atom stereocenters. The molecule has 3 aromatic heterocycles. The molecule has 11 nitrogen and oxygen atoms in total. The molecular weight excluding hydrogens is 378 g/mol. The van der Waals surface area contributed by atoms with E-state index in [1.165, 1.54) is 18.5 Å². The fourth-order valence-electron chi connectivity index (χ4n) is 2.87. The van der Waals surface area contributed by atoms with Crippen molar-refractivity contribution in [1.29, 1.82) is 0 Å². The van der Waals surface area contributed by atoms with Crippen LogP contribution >= 0.6 is 0 Å². The van der Waals surface area contributed by atoms with Gasteiger partial charge in [0.25, 0.3) is 0 Å². The highest BCUT2D eigenvalue weighted by Gasteiger charge is 2.20. The molecule has 3 heterocycles. The summed E-state index contributed by atoms with van der Waals surface area (Å²) in [6, 6.07) is 8.74. The Balaban J connectivity index is 1.57. The van der Waals surface area contributed by atoms with Crippen LogP contribution in [0.1, 0.15) is 15.9 Å². The van der Waals surface area contributed by atoms with Crippen molar-refractivity contribution in [3.63, 3.8) is 0 Å². The van der Waals surface area contributed by atoms with Gasteiger partial charge < -0.3 is 20.7 Å². The number of amides is 1. The highest BCUT2D eigenvalue weighted by molar-refractivity contribution is 5.87. The van der Waals surface area contributed by atoms with Gasteiger partial charge in [-0.1, -0.05) is 12.1 Å². The number of nitrogen functional groups attached to an aromatic ring is 1. The minimum atomic E-state index is -1.08. The second-order valence-electron chi connectivity index (χ2n) is 6.17. The number of anilines is 1. The first-order chi connectivity index (χ1) is 14.0. The number of nitrogens with two attached hydrogens (primary N) is 1. The molecule has 0 aliphatic heterocycles. The van der Waals surface area contributed by atoms with Crippen LogP contribution in [0.25, 0.3) is 22.6 Å². The van der Waals surface area contributed by atoms with E-state index in [0.29, 0.717) is 16.9 Å². The summed E-state index contributed by atoms with van der Waals surface area (Å²) >= 11 is 0. The first kappa shape index (κ1) is 18.1. The molecule has 0 saturated carbocycles. The van der Waals surface area contributed by atoms with Crippen molar-refractivity contribution in [2.75, 3.05) is 5.73 Å². The summed E-state index contributed by atoms with van der Waals surface area (Å²) in [7, 11) is 0. The molecule has 0 radical (unpaired) electrons. The van der Waals surface area contributed by atoms with Gasteiger partial charge in [-0.15, -0.1) is 0 Å². The van der Waals surface area contributed by atoms with Crippen LogP contribution in [0.15, 0.2) is 47.4 Å². The van der Waals surface area contributed by atoms with E-state index in [0.717, 1.165) is 5.52 Å². The highest BCUT2D eigenvalue weighted by atomic mass is 16.6. The zero-order chi connectivity index (χ0) is 20.4. The third-order valence-corrected chi connectivity index (χ3v) is 4.21. The van der Waals surface area contributed by atoms with Crippen LogP contribution in [-0.2, 0) is 17.9 Å². The fraction of sp³-hybridized carbons (Fsp3) is 0.111. The van der Waals surface area contributed by atoms with Crippen molar-refractivity contribution >= 4 is 28.7 Å². The lowest BCUT2D eigenvalue weighted by molar-refractivity contribution is -0.121. The SMILES string of the molecule is Nc1nonc1-c1nc2ccccc2n1CC(=O)NCc1cncc(C(=O)O)c1. The van der Waals surface area contributed by atoms with Gasteiger partial charge in [-0.2, -0.15) is 0 Å². The Bertz CT molecular complexity index is 1210. The molecule has 0 unspecified atom stereocenters. The molecule has 0 aliphatic rings. The number of para-hydroxylation sites is 2. The Morgan fingerprint density at radius 2 is 2.03 bits per heavy atom. The third-order valence-electron chi connectivity index (χ3n) is 4.21. The number of carbonyl (C=O) groups is 2. The summed E-state index contributed by atoms with van der Waals surface area (Å²) in [6.45, 7) is 0.0662. The van der Waals surface area contributed by atoms with Gasteiger partial charge in [0.2, 0.25) is 5.91 Å². The number of fused-ring (bicyclic) bond motifs is 1. The first-order valence-electron chi connectivity index (χ1n) is 8.50. The Morgan fingerprint density at radius 1 is 1.21 bits per heavy atom. The second kappa shape index (κ2) is 7.38. The van der Waals surface area contributed by atoms with Crippen LogP contribution in [0.5, 0.6) is 0 Å². The predicted octanol–water partition coefficient (Wildman–Crippen LogP) is 1.08. The van der Waals surface area contributed by atoms with E-state index in [9.17, 15) is 9.59 Å². The van der Waals surface area contributed by atoms with E-state index in [-0.39, 0.29) is 36.1 Å². The number of nitrogens with one attached hydrogen (secondary N) is 1. The summed E-state index contributed by atoms with van der Waals surface area (Å²) in [5.74, 6) is -0.975. The quantitative estimate of drug-likeness (QED) is 0.435. The largest absolute Gasteiger partial charge is 0.478 e. The zero-order valence-corrected chi connectivity index (χ0v) is 14.9. The Hall–Kier alpha value is -4.28. The maximum absolute atomic E-state index is 12.6. The molecule has 1 aromatic carbocycles. The molecule has 0 spiro atoms. The van der Waals surface area contributed by atoms with Crippen molar-refractivity contribution in [2.24, 2.45) is 0 Å². The van der Waals surface area contributed by atoms with Gasteiger partial charge in [0, 0.05) is 18.9 Å². The number of pyridine rings is 1. The standard InChI is InChI=1S/C18H15N7O4/c19-16-15(23-29-24-16)17-22-12-3-1-2-4-13(12)25(17)9-14(26)21-7-10-5-11(18(27)28)8-20-6-10/h1-6,8H,7,9H2,(H2,19,24)(H,21,26)(H,27,28). The minimum absolute atomic E-state index is 0.0497. The number of hydrogen-bond acceptors (Lipinski definition) is 8. The van der Waals surface area contributed by atoms with Crippen molar-refractivity contribution in [2.45, 2.75) is 13.1 Å². The molecule has 0 saturated heterocycles. The Kier molecular flexibility index (Phi) is 4.61. The van der Waals surface area contributed by atoms with E-state index < -0.39 is 5.97 Å². The molecule has 0 fully saturated rings. The van der Waals surface area contributed by atoms with Crippen molar-refractivity contribution in [3.05, 3.63) is 53.9 Å². The van der Waals surface area contributed by atoms with Crippen LogP contribution in [-0.4, -0.2) is 41.8 Å². The fourth-order valence-corrected chi connectivity index (χ4v) is 2.87. The minimum Gasteiger partial charge on any atom is -0.478 e. The molecule has 11 heteroatoms. The molecule has 4 aromatic rings. The number of aromatic nitrogens is 5. The second-order valence-corrected chi connectivity index (χ2v) is 6.17. The third kappa shape index (κ3) is 3.60. The van der Waals surface area contributed by atoms with Gasteiger partial charge in [-0.25, -0.2) is 14.4 Å². The molecule has 146 valence electrons. The van der Waals surface area contributed by atoms with Crippen molar-refractivity contribution in [1.82, 2.24) is 30.2 Å². The maximum atomic E-state index is 12.6. The zero-order valence-electron chi connectivity index (χ0n) is 14.9. The molecule has 0 aliphatic carbocycles. The van der Waals surface area contributed by atoms with Gasteiger partial charge >= 0.3 is 5.97 Å². The Labute approximate surface area is 163 Å². The average Bonchev–Trinajstić information content (AvgIpc) is 3.30. The monoisotopic (exact) mass is 393 g/mol. The maximum Gasteiger partial charge on any atom is 0.337 e. The van der Waals surface area contributed by atoms with E-state index in [2.05, 4.69) is 30.2 Å². The van der Waals surface area contributed by atoms with Gasteiger partial charge in [0.1, 0.15) is 6.54 Å². The summed E-state index contributed by atoms with van der Waals surface area (Å²) < 4.78 is 6.32. The number of aromatic carboxylic acids is 1. The summed E-state index contributed by atoms with van der Waals surface area (Å²) in [4.78, 5) is 32.0. The van der Waals surface area contributed by atoms with Crippen LogP contribution in [0, 0.1) is 0 Å². The number of hydrogen-bond donors (Lipinski definition) is 3. The van der Waals surface area contributed by atoms with Gasteiger partial charge in [0.05, 0.1) is 16.6 Å². The van der Waals surface area contributed by atoms with Crippen molar-refractivity contribution < 1.29 is 19.3 Å². The molecule has 1 amide bonds. The van der Waals surface area contributed by atoms with E-state index in [1.807, 2.05) is 18.2 Å². The summed E-state index contributed by atoms with van der Waals surface area (Å²) in [6.07, 6.45) is 2.74. The van der Waals surface area contributed by atoms with Crippen molar-refractivity contribution in [3.8, 4) is 11.5 Å². The number of nitrogens with zero attached hydrogens (tertiary/aromatic N) is 5. The van der Waals surface area contributed by atoms with Crippen LogP contribution in [0.3, 0.4) is 0 Å². The van der Waals surface area contributed by atoms with Crippen LogP contribution < -0.4 is 11.1 Å². The van der Waals surface area contributed by atoms with Gasteiger partial charge in [0.15, 0.2) is 17.3 Å². The molecule has 4 rings (SSSR count). The van der Waals surface area contributed by atoms with E-state index in [1.54, 1.807) is 10.6 Å². The van der Waals surface area contributed by atoms with E-state index in [4.69, 9.17) is 10.8 Å². The Morgan fingerprint density at radius 3 is 2.79 bits per heavy atom. The number of carboxylic acids is 1. The number of benzene rings is 1.